The predicted octanol–water partition coefficient (Wildman–Crippen LogP) is 2.58. The summed E-state index contributed by atoms with van der Waals surface area (Å²) in [7, 11) is 1.98. The van der Waals surface area contributed by atoms with Crippen LogP contribution in [0.15, 0.2) is 47.1 Å². The molecule has 158 valence electrons. The Balaban J connectivity index is 1.62. The molecule has 0 radical (unpaired) electrons. The Morgan fingerprint density at radius 2 is 2.00 bits per heavy atom. The lowest BCUT2D eigenvalue weighted by Crippen LogP contribution is -2.05. The van der Waals surface area contributed by atoms with Crippen LogP contribution in [0.2, 0.25) is 0 Å². The maximum atomic E-state index is 10.9. The molecule has 0 amide bonds. The van der Waals surface area contributed by atoms with Gasteiger partial charge in [0.15, 0.2) is 11.5 Å². The Morgan fingerprint density at radius 3 is 2.71 bits per heavy atom. The topological polar surface area (TPSA) is 111 Å². The number of carboxylic acids is 1. The number of aliphatic carboxylic acids is 1. The van der Waals surface area contributed by atoms with Crippen LogP contribution >= 0.6 is 0 Å². The number of hydrogen-bond donors (Lipinski definition) is 2. The van der Waals surface area contributed by atoms with Crippen molar-refractivity contribution in [2.45, 2.75) is 32.9 Å². The van der Waals surface area contributed by atoms with Gasteiger partial charge in [-0.25, -0.2) is 0 Å². The number of aromatic hydroxyl groups is 1. The van der Waals surface area contributed by atoms with Gasteiger partial charge in [-0.05, 0) is 61.8 Å². The van der Waals surface area contributed by atoms with E-state index in [0.717, 1.165) is 21.9 Å². The first kappa shape index (κ1) is 20.5. The number of carboxylic acid groups (broad SMARTS) is 1. The monoisotopic (exact) mass is 419 g/mol. The summed E-state index contributed by atoms with van der Waals surface area (Å²) in [6.07, 6.45) is 1.96. The van der Waals surface area contributed by atoms with Gasteiger partial charge in [0, 0.05) is 23.2 Å². The molecule has 0 saturated heterocycles. The number of carbonyl (C=O) groups is 1. The van der Waals surface area contributed by atoms with E-state index in [-0.39, 0.29) is 24.2 Å². The average molecular weight is 419 g/mol. The number of benzene rings is 2. The smallest absolute Gasteiger partial charge is 0.305 e. The van der Waals surface area contributed by atoms with Crippen LogP contribution in [-0.4, -0.2) is 44.8 Å². The maximum absolute atomic E-state index is 10.9. The quantitative estimate of drug-likeness (QED) is 0.443. The zero-order valence-corrected chi connectivity index (χ0v) is 17.5. The number of aromatic nitrogens is 3. The van der Waals surface area contributed by atoms with Crippen LogP contribution in [0.5, 0.6) is 11.5 Å². The van der Waals surface area contributed by atoms with Gasteiger partial charge in [-0.1, -0.05) is 10.6 Å². The summed E-state index contributed by atoms with van der Waals surface area (Å²) in [5, 5.41) is 24.2. The third kappa shape index (κ3) is 4.25. The summed E-state index contributed by atoms with van der Waals surface area (Å²) in [5.41, 5.74) is 3.36. The van der Waals surface area contributed by atoms with Gasteiger partial charge in [-0.3, -0.25) is 4.79 Å². The van der Waals surface area contributed by atoms with Crippen LogP contribution in [0.3, 0.4) is 0 Å². The van der Waals surface area contributed by atoms with Gasteiger partial charge in [0.05, 0.1) is 12.5 Å². The minimum atomic E-state index is -0.828. The van der Waals surface area contributed by atoms with Crippen molar-refractivity contribution in [1.29, 1.82) is 0 Å². The third-order valence-corrected chi connectivity index (χ3v) is 4.90. The van der Waals surface area contributed by atoms with Gasteiger partial charge in [0.1, 0.15) is 7.85 Å². The number of fused-ring (bicyclic) bond motifs is 1. The summed E-state index contributed by atoms with van der Waals surface area (Å²) < 4.78 is 12.9. The fourth-order valence-electron chi connectivity index (χ4n) is 3.48. The second-order valence-corrected chi connectivity index (χ2v) is 7.65. The first-order chi connectivity index (χ1) is 14.8. The van der Waals surface area contributed by atoms with E-state index in [2.05, 4.69) is 10.1 Å². The van der Waals surface area contributed by atoms with E-state index < -0.39 is 5.97 Å². The molecular formula is C22H22BN3O5. The van der Waals surface area contributed by atoms with E-state index in [1.165, 1.54) is 6.07 Å². The molecule has 9 heteroatoms. The molecule has 31 heavy (non-hydrogen) atoms. The molecule has 8 nitrogen and oxygen atoms in total. The van der Waals surface area contributed by atoms with E-state index in [1.807, 2.05) is 50.7 Å². The van der Waals surface area contributed by atoms with Gasteiger partial charge >= 0.3 is 5.97 Å². The molecule has 0 spiro atoms. The van der Waals surface area contributed by atoms with Crippen molar-refractivity contribution in [2.24, 2.45) is 0 Å². The SMILES string of the molecule is Bc1cn(CCC(=O)O)c2ccc(-c3noc(-c4ccc(OC(C)C)c(O)c4)n3)cc12. The van der Waals surface area contributed by atoms with Crippen LogP contribution in [0.1, 0.15) is 20.3 Å². The molecule has 0 saturated carbocycles. The molecule has 0 atom stereocenters. The summed E-state index contributed by atoms with van der Waals surface area (Å²) in [6, 6.07) is 10.7. The molecule has 0 aliphatic carbocycles. The number of phenolic OH excluding ortho intramolecular Hbond substituents is 1. The van der Waals surface area contributed by atoms with Crippen LogP contribution < -0.4 is 10.2 Å². The van der Waals surface area contributed by atoms with Crippen LogP contribution in [0, 0.1) is 0 Å². The highest BCUT2D eigenvalue weighted by atomic mass is 16.5. The molecule has 0 unspecified atom stereocenters. The second kappa shape index (κ2) is 8.18. The Hall–Kier alpha value is -3.75. The number of nitrogens with zero attached hydrogens (tertiary/aromatic N) is 3. The third-order valence-electron chi connectivity index (χ3n) is 4.90. The van der Waals surface area contributed by atoms with Crippen molar-refractivity contribution in [1.82, 2.24) is 14.7 Å². The Bertz CT molecular complexity index is 1260. The van der Waals surface area contributed by atoms with Crippen molar-refractivity contribution in [3.63, 3.8) is 0 Å². The van der Waals surface area contributed by atoms with Crippen LogP contribution in [0.25, 0.3) is 33.7 Å². The maximum Gasteiger partial charge on any atom is 0.305 e. The molecule has 4 rings (SSSR count). The molecule has 0 fully saturated rings. The van der Waals surface area contributed by atoms with E-state index in [1.54, 1.807) is 12.1 Å². The zero-order chi connectivity index (χ0) is 22.1. The lowest BCUT2D eigenvalue weighted by atomic mass is 9.95. The predicted molar refractivity (Wildman–Crippen MR) is 119 cm³/mol. The van der Waals surface area contributed by atoms with Crippen LogP contribution in [-0.2, 0) is 11.3 Å². The highest BCUT2D eigenvalue weighted by Crippen LogP contribution is 2.32. The highest BCUT2D eigenvalue weighted by Gasteiger charge is 2.15. The molecule has 2 aromatic carbocycles. The number of hydrogen-bond acceptors (Lipinski definition) is 6. The lowest BCUT2D eigenvalue weighted by Gasteiger charge is -2.11. The number of ether oxygens (including phenoxy) is 1. The number of rotatable bonds is 7. The van der Waals surface area contributed by atoms with Crippen molar-refractivity contribution in [3.8, 4) is 34.3 Å². The van der Waals surface area contributed by atoms with E-state index >= 15 is 0 Å². The highest BCUT2D eigenvalue weighted by molar-refractivity contribution is 6.39. The van der Waals surface area contributed by atoms with E-state index in [0.29, 0.717) is 23.7 Å². The van der Waals surface area contributed by atoms with Crippen molar-refractivity contribution >= 4 is 30.2 Å². The molecule has 0 aliphatic heterocycles. The average Bonchev–Trinajstić information content (AvgIpc) is 3.33. The van der Waals surface area contributed by atoms with Gasteiger partial charge in [0.2, 0.25) is 5.82 Å². The number of phenols is 1. The fraction of sp³-hybridized carbons (Fsp3) is 0.227. The molecule has 4 aromatic rings. The van der Waals surface area contributed by atoms with Crippen LogP contribution in [0.4, 0.5) is 0 Å². The molecule has 0 aliphatic rings. The van der Waals surface area contributed by atoms with Gasteiger partial charge in [-0.2, -0.15) is 4.98 Å². The van der Waals surface area contributed by atoms with Crippen molar-refractivity contribution < 1.29 is 24.3 Å². The molecule has 0 bridgehead atoms. The Morgan fingerprint density at radius 1 is 1.23 bits per heavy atom. The molecule has 2 N–H and O–H groups in total. The standard InChI is InChI=1S/C22H22BN3O5/c1-12(2)30-19-6-4-14(10-18(19)27)22-24-21(25-31-22)13-3-5-17-15(9-13)16(23)11-26(17)8-7-20(28)29/h3-6,9-12,27H,7-8,23H2,1-2H3,(H,28,29). The Labute approximate surface area is 179 Å². The normalized spacial score (nSPS) is 11.3. The molecule has 2 heterocycles. The number of aryl methyl sites for hydroxylation is 1. The molecule has 2 aromatic heterocycles. The first-order valence-electron chi connectivity index (χ1n) is 9.97. The van der Waals surface area contributed by atoms with E-state index in [4.69, 9.17) is 14.4 Å². The Kier molecular flexibility index (Phi) is 5.41. The van der Waals surface area contributed by atoms with Gasteiger partial charge < -0.3 is 24.0 Å². The zero-order valence-electron chi connectivity index (χ0n) is 17.5. The first-order valence-corrected chi connectivity index (χ1v) is 9.97. The van der Waals surface area contributed by atoms with Crippen molar-refractivity contribution in [3.05, 3.63) is 42.6 Å². The van der Waals surface area contributed by atoms with E-state index in [9.17, 15) is 9.90 Å². The summed E-state index contributed by atoms with van der Waals surface area (Å²) >= 11 is 0. The second-order valence-electron chi connectivity index (χ2n) is 7.65. The lowest BCUT2D eigenvalue weighted by molar-refractivity contribution is -0.137. The summed E-state index contributed by atoms with van der Waals surface area (Å²) in [4.78, 5) is 15.4. The summed E-state index contributed by atoms with van der Waals surface area (Å²) in [6.45, 7) is 4.18. The minimum absolute atomic E-state index is 0.00527. The molecular weight excluding hydrogens is 397 g/mol. The van der Waals surface area contributed by atoms with Gasteiger partial charge in [0.25, 0.3) is 5.89 Å². The van der Waals surface area contributed by atoms with Crippen molar-refractivity contribution in [2.75, 3.05) is 0 Å². The minimum Gasteiger partial charge on any atom is -0.504 e. The summed E-state index contributed by atoms with van der Waals surface area (Å²) in [5.74, 6) is 0.289. The largest absolute Gasteiger partial charge is 0.504 e. The van der Waals surface area contributed by atoms with Gasteiger partial charge in [-0.15, -0.1) is 0 Å². The fourth-order valence-corrected chi connectivity index (χ4v) is 3.48.